The highest BCUT2D eigenvalue weighted by molar-refractivity contribution is 7.80. The zero-order valence-electron chi connectivity index (χ0n) is 14.7. The molecule has 134 valence electrons. The second-order valence-corrected chi connectivity index (χ2v) is 6.99. The van der Waals surface area contributed by atoms with Crippen LogP contribution in [0.25, 0.3) is 10.9 Å². The van der Waals surface area contributed by atoms with Crippen molar-refractivity contribution < 1.29 is 5.11 Å². The second kappa shape index (κ2) is 7.43. The van der Waals surface area contributed by atoms with Gasteiger partial charge in [0.25, 0.3) is 0 Å². The summed E-state index contributed by atoms with van der Waals surface area (Å²) in [4.78, 5) is 0. The van der Waals surface area contributed by atoms with Gasteiger partial charge in [-0.05, 0) is 56.8 Å². The van der Waals surface area contributed by atoms with Gasteiger partial charge in [-0.2, -0.15) is 0 Å². The Kier molecular flexibility index (Phi) is 5.25. The van der Waals surface area contributed by atoms with E-state index in [9.17, 15) is 5.11 Å². The van der Waals surface area contributed by atoms with Crippen molar-refractivity contribution in [2.24, 2.45) is 10.2 Å². The maximum absolute atomic E-state index is 10.6. The lowest BCUT2D eigenvalue weighted by Crippen LogP contribution is -2.06. The number of nitrogens with one attached hydrogen (secondary N) is 1. The van der Waals surface area contributed by atoms with Crippen molar-refractivity contribution in [3.8, 4) is 5.88 Å². The molecule has 0 spiro atoms. The lowest BCUT2D eigenvalue weighted by Gasteiger charge is -2.10. The van der Waals surface area contributed by atoms with Crippen LogP contribution in [0.4, 0.5) is 11.4 Å². The molecule has 0 aliphatic rings. The third-order valence-electron chi connectivity index (χ3n) is 4.13. The van der Waals surface area contributed by atoms with E-state index in [0.717, 1.165) is 22.2 Å². The van der Waals surface area contributed by atoms with E-state index in [2.05, 4.69) is 15.5 Å². The van der Waals surface area contributed by atoms with E-state index in [-0.39, 0.29) is 17.0 Å². The van der Waals surface area contributed by atoms with E-state index in [1.165, 1.54) is 0 Å². The molecule has 0 bridgehead atoms. The molecule has 0 atom stereocenters. The van der Waals surface area contributed by atoms with Gasteiger partial charge in [-0.3, -0.25) is 0 Å². The Morgan fingerprint density at radius 2 is 1.92 bits per heavy atom. The van der Waals surface area contributed by atoms with E-state index in [0.29, 0.717) is 10.7 Å². The van der Waals surface area contributed by atoms with Crippen molar-refractivity contribution in [3.05, 3.63) is 53.1 Å². The number of para-hydroxylation sites is 1. The predicted octanol–water partition coefficient (Wildman–Crippen LogP) is 6.37. The highest BCUT2D eigenvalue weighted by Gasteiger charge is 2.18. The number of halogens is 1. The van der Waals surface area contributed by atoms with Crippen LogP contribution >= 0.6 is 23.8 Å². The van der Waals surface area contributed by atoms with Gasteiger partial charge in [0.15, 0.2) is 5.69 Å². The van der Waals surface area contributed by atoms with Crippen LogP contribution in [-0.2, 0) is 0 Å². The Hall–Kier alpha value is -2.44. The van der Waals surface area contributed by atoms with Crippen LogP contribution in [0.1, 0.15) is 25.5 Å². The molecule has 0 fully saturated rings. The molecule has 0 aliphatic carbocycles. The summed E-state index contributed by atoms with van der Waals surface area (Å²) in [5.74, 6) is 0.0756. The molecule has 1 heterocycles. The number of hydrogen-bond acceptors (Lipinski definition) is 3. The Morgan fingerprint density at radius 3 is 2.65 bits per heavy atom. The fraction of sp³-hybridized carbons (Fsp3) is 0.211. The summed E-state index contributed by atoms with van der Waals surface area (Å²) >= 11 is 11.4. The Bertz CT molecular complexity index is 1010. The number of anilines is 1. The number of fused-ring (bicyclic) bond motifs is 1. The summed E-state index contributed by atoms with van der Waals surface area (Å²) in [6.07, 6.45) is 0. The molecule has 0 radical (unpaired) electrons. The molecular weight excluding hydrogens is 368 g/mol. The number of hydrogen-bond donors (Lipinski definition) is 2. The molecule has 7 heteroatoms. The van der Waals surface area contributed by atoms with Crippen molar-refractivity contribution in [2.45, 2.75) is 26.8 Å². The molecule has 1 aromatic heterocycles. The topological polar surface area (TPSA) is 61.9 Å². The number of nitrogens with zero attached hydrogens (tertiary/aromatic N) is 3. The quantitative estimate of drug-likeness (QED) is 0.406. The van der Waals surface area contributed by atoms with Crippen LogP contribution in [0.2, 0.25) is 5.02 Å². The van der Waals surface area contributed by atoms with Gasteiger partial charge >= 0.3 is 0 Å². The van der Waals surface area contributed by atoms with Gasteiger partial charge < -0.3 is 15.0 Å². The first-order chi connectivity index (χ1) is 12.4. The van der Waals surface area contributed by atoms with Crippen LogP contribution in [0.5, 0.6) is 5.88 Å². The van der Waals surface area contributed by atoms with E-state index < -0.39 is 0 Å². The third kappa shape index (κ3) is 3.43. The molecule has 2 N–H and O–H groups in total. The SMILES string of the molecule is Cc1c(Cl)cccc1NC(=S)N=Nc1c(O)n(C(C)C)c2ccccc12. The normalized spacial score (nSPS) is 11.6. The van der Waals surface area contributed by atoms with Gasteiger partial charge in [0.2, 0.25) is 11.0 Å². The molecule has 5 nitrogen and oxygen atoms in total. The minimum absolute atomic E-state index is 0.0756. The largest absolute Gasteiger partial charge is 0.493 e. The maximum atomic E-state index is 10.6. The smallest absolute Gasteiger partial charge is 0.221 e. The fourth-order valence-corrected chi connectivity index (χ4v) is 3.16. The molecule has 0 amide bonds. The summed E-state index contributed by atoms with van der Waals surface area (Å²) in [7, 11) is 0. The van der Waals surface area contributed by atoms with E-state index in [1.807, 2.05) is 67.8 Å². The Labute approximate surface area is 162 Å². The summed E-state index contributed by atoms with van der Waals surface area (Å²) in [5.41, 5.74) is 2.96. The van der Waals surface area contributed by atoms with Crippen LogP contribution < -0.4 is 5.32 Å². The van der Waals surface area contributed by atoms with E-state index in [4.69, 9.17) is 23.8 Å². The van der Waals surface area contributed by atoms with Crippen LogP contribution in [-0.4, -0.2) is 14.8 Å². The van der Waals surface area contributed by atoms with E-state index in [1.54, 1.807) is 0 Å². The summed E-state index contributed by atoms with van der Waals surface area (Å²) in [6.45, 7) is 5.90. The van der Waals surface area contributed by atoms with E-state index >= 15 is 0 Å². The number of thiocarbonyl (C=S) groups is 1. The third-order valence-corrected chi connectivity index (χ3v) is 4.72. The fourth-order valence-electron chi connectivity index (χ4n) is 2.83. The standard InChI is InChI=1S/C19H19ClN4OS/c1-11(2)24-16-10-5-4-7-13(16)17(18(24)25)22-23-19(26)21-15-9-6-8-14(20)12(15)3/h4-11,25H,1-3H3,(H,21,26). The van der Waals surface area contributed by atoms with Crippen molar-refractivity contribution in [1.82, 2.24) is 4.57 Å². The van der Waals surface area contributed by atoms with Gasteiger partial charge in [0.1, 0.15) is 0 Å². The highest BCUT2D eigenvalue weighted by atomic mass is 35.5. The van der Waals surface area contributed by atoms with Gasteiger partial charge in [-0.15, -0.1) is 10.2 Å². The number of aromatic hydroxyl groups is 1. The molecule has 0 aliphatic heterocycles. The van der Waals surface area contributed by atoms with Crippen molar-refractivity contribution in [1.29, 1.82) is 0 Å². The molecule has 0 saturated heterocycles. The number of aromatic nitrogens is 1. The molecule has 26 heavy (non-hydrogen) atoms. The predicted molar refractivity (Wildman–Crippen MR) is 111 cm³/mol. The Balaban J connectivity index is 1.92. The number of azo groups is 1. The summed E-state index contributed by atoms with van der Waals surface area (Å²) < 4.78 is 1.82. The summed E-state index contributed by atoms with van der Waals surface area (Å²) in [5, 5.41) is 23.5. The maximum Gasteiger partial charge on any atom is 0.221 e. The summed E-state index contributed by atoms with van der Waals surface area (Å²) in [6, 6.07) is 13.3. The molecular formula is C19H19ClN4OS. The minimum atomic E-state index is 0.0756. The average molecular weight is 387 g/mol. The molecule has 2 aromatic carbocycles. The molecule has 3 aromatic rings. The first kappa shape index (κ1) is 18.4. The average Bonchev–Trinajstić information content (AvgIpc) is 2.88. The Morgan fingerprint density at radius 1 is 1.19 bits per heavy atom. The van der Waals surface area contributed by atoms with Crippen LogP contribution in [0.3, 0.4) is 0 Å². The zero-order chi connectivity index (χ0) is 18.8. The number of benzene rings is 2. The first-order valence-electron chi connectivity index (χ1n) is 8.20. The van der Waals surface area contributed by atoms with Gasteiger partial charge in [-0.1, -0.05) is 35.9 Å². The lowest BCUT2D eigenvalue weighted by atomic mass is 10.2. The molecule has 0 saturated carbocycles. The molecule has 3 rings (SSSR count). The van der Waals surface area contributed by atoms with Crippen molar-refractivity contribution in [3.63, 3.8) is 0 Å². The first-order valence-corrected chi connectivity index (χ1v) is 8.98. The number of rotatable bonds is 3. The van der Waals surface area contributed by atoms with Crippen molar-refractivity contribution in [2.75, 3.05) is 5.32 Å². The lowest BCUT2D eigenvalue weighted by molar-refractivity contribution is 0.407. The van der Waals surface area contributed by atoms with Crippen LogP contribution in [0.15, 0.2) is 52.7 Å². The van der Waals surface area contributed by atoms with Gasteiger partial charge in [0.05, 0.1) is 5.52 Å². The van der Waals surface area contributed by atoms with Gasteiger partial charge in [0, 0.05) is 22.1 Å². The monoisotopic (exact) mass is 386 g/mol. The van der Waals surface area contributed by atoms with Crippen molar-refractivity contribution >= 4 is 51.2 Å². The van der Waals surface area contributed by atoms with Gasteiger partial charge in [-0.25, -0.2) is 0 Å². The zero-order valence-corrected chi connectivity index (χ0v) is 16.3. The van der Waals surface area contributed by atoms with Crippen LogP contribution in [0, 0.1) is 6.92 Å². The minimum Gasteiger partial charge on any atom is -0.493 e. The highest BCUT2D eigenvalue weighted by Crippen LogP contribution is 2.40. The second-order valence-electron chi connectivity index (χ2n) is 6.20. The molecule has 0 unspecified atom stereocenters.